The first kappa shape index (κ1) is 28.5. The Labute approximate surface area is 245 Å². The van der Waals surface area contributed by atoms with Gasteiger partial charge in [-0.05, 0) is 66.0 Å². The number of carbonyl (C=O) groups is 3. The number of rotatable bonds is 7. The van der Waals surface area contributed by atoms with Gasteiger partial charge in [0.05, 0.1) is 12.1 Å². The summed E-state index contributed by atoms with van der Waals surface area (Å²) in [7, 11) is 0. The lowest BCUT2D eigenvalue weighted by Gasteiger charge is -2.32. The molecule has 0 aliphatic carbocycles. The summed E-state index contributed by atoms with van der Waals surface area (Å²) in [5, 5.41) is 18.1. The van der Waals surface area contributed by atoms with Crippen LogP contribution in [0.4, 0.5) is 5.82 Å². The largest absolute Gasteiger partial charge is 0.396 e. The molecule has 1 fully saturated rings. The van der Waals surface area contributed by atoms with Crippen LogP contribution in [0.3, 0.4) is 0 Å². The minimum atomic E-state index is -0.835. The molecule has 1 aliphatic heterocycles. The number of amides is 2. The summed E-state index contributed by atoms with van der Waals surface area (Å²) in [4.78, 5) is 54.1. The van der Waals surface area contributed by atoms with E-state index in [0.29, 0.717) is 27.1 Å². The van der Waals surface area contributed by atoms with E-state index >= 15 is 0 Å². The Morgan fingerprint density at radius 3 is 2.54 bits per heavy atom. The van der Waals surface area contributed by atoms with Gasteiger partial charge in [0.15, 0.2) is 5.78 Å². The Hall–Kier alpha value is -4.03. The number of hydrogen-bond acceptors (Lipinski definition) is 8. The molecule has 0 bridgehead atoms. The van der Waals surface area contributed by atoms with Crippen LogP contribution in [0.5, 0.6) is 0 Å². The van der Waals surface area contributed by atoms with Crippen LogP contribution in [0.15, 0.2) is 53.4 Å². The maximum absolute atomic E-state index is 13.9. The number of aliphatic hydroxyl groups excluding tert-OH is 1. The molecule has 11 nitrogen and oxygen atoms in total. The third kappa shape index (κ3) is 5.49. The topological polar surface area (TPSA) is 143 Å². The van der Waals surface area contributed by atoms with Crippen molar-refractivity contribution >= 4 is 50.2 Å². The van der Waals surface area contributed by atoms with E-state index in [0.717, 1.165) is 11.1 Å². The van der Waals surface area contributed by atoms with Gasteiger partial charge in [0.25, 0.3) is 0 Å². The van der Waals surface area contributed by atoms with Gasteiger partial charge in [0, 0.05) is 41.7 Å². The van der Waals surface area contributed by atoms with Gasteiger partial charge in [-0.1, -0.05) is 19.1 Å². The molecule has 5 rings (SSSR count). The third-order valence-electron chi connectivity index (χ3n) is 7.82. The number of halogens is 1. The van der Waals surface area contributed by atoms with Crippen LogP contribution >= 0.6 is 15.9 Å². The molecular formula is C29H30BrN7O4. The van der Waals surface area contributed by atoms with Crippen molar-refractivity contribution in [2.24, 2.45) is 5.41 Å². The molecule has 1 aromatic carbocycles. The maximum Gasteiger partial charge on any atom is 0.248 e. The lowest BCUT2D eigenvalue weighted by Crippen LogP contribution is -2.48. The van der Waals surface area contributed by atoms with Crippen LogP contribution in [0.1, 0.15) is 43.5 Å². The zero-order chi connectivity index (χ0) is 29.5. The quantitative estimate of drug-likeness (QED) is 0.235. The van der Waals surface area contributed by atoms with E-state index in [9.17, 15) is 19.5 Å². The van der Waals surface area contributed by atoms with Crippen molar-refractivity contribution in [1.82, 2.24) is 29.6 Å². The first-order valence-electron chi connectivity index (χ1n) is 13.2. The number of benzene rings is 1. The second-order valence-electron chi connectivity index (χ2n) is 10.7. The SMILES string of the molecule is CC(=O)c1nn(CC(=O)N2[C@@H](C)[C@](C)(CO)C[C@H]2C(=O)Nc2cccc(Br)n2)c2ccc(-c3cnc(C)nc3)cc12. The molecule has 0 spiro atoms. The molecule has 41 heavy (non-hydrogen) atoms. The van der Waals surface area contributed by atoms with E-state index in [2.05, 4.69) is 41.3 Å². The summed E-state index contributed by atoms with van der Waals surface area (Å²) in [5.74, 6) is 0.0137. The summed E-state index contributed by atoms with van der Waals surface area (Å²) in [6, 6.07) is 9.40. The molecule has 2 amide bonds. The number of ketones is 1. The van der Waals surface area contributed by atoms with Crippen LogP contribution in [-0.2, 0) is 16.1 Å². The lowest BCUT2D eigenvalue weighted by atomic mass is 9.83. The van der Waals surface area contributed by atoms with E-state index in [4.69, 9.17) is 0 Å². The average Bonchev–Trinajstić information content (AvgIpc) is 3.43. The van der Waals surface area contributed by atoms with Gasteiger partial charge in [0.1, 0.15) is 34.5 Å². The summed E-state index contributed by atoms with van der Waals surface area (Å²) in [6.45, 7) is 6.54. The highest BCUT2D eigenvalue weighted by Gasteiger charge is 2.51. The van der Waals surface area contributed by atoms with E-state index in [1.54, 1.807) is 37.5 Å². The first-order valence-corrected chi connectivity index (χ1v) is 14.0. The molecule has 0 saturated carbocycles. The Bertz CT molecular complexity index is 1650. The molecule has 3 aromatic heterocycles. The summed E-state index contributed by atoms with van der Waals surface area (Å²) in [6.07, 6.45) is 3.70. The van der Waals surface area contributed by atoms with Crippen LogP contribution in [0.25, 0.3) is 22.0 Å². The number of aryl methyl sites for hydroxylation is 1. The molecule has 1 aliphatic rings. The van der Waals surface area contributed by atoms with Gasteiger partial charge >= 0.3 is 0 Å². The number of fused-ring (bicyclic) bond motifs is 1. The average molecular weight is 621 g/mol. The summed E-state index contributed by atoms with van der Waals surface area (Å²) < 4.78 is 2.06. The number of Topliss-reactive ketones (excluding diaryl/α,β-unsaturated/α-hetero) is 1. The van der Waals surface area contributed by atoms with Gasteiger partial charge in [-0.15, -0.1) is 0 Å². The van der Waals surface area contributed by atoms with Gasteiger partial charge in [-0.3, -0.25) is 19.1 Å². The highest BCUT2D eigenvalue weighted by molar-refractivity contribution is 9.10. The fraction of sp³-hybridized carbons (Fsp3) is 0.345. The smallest absolute Gasteiger partial charge is 0.248 e. The second-order valence-corrected chi connectivity index (χ2v) is 11.5. The van der Waals surface area contributed by atoms with E-state index < -0.39 is 23.4 Å². The Morgan fingerprint density at radius 1 is 1.15 bits per heavy atom. The minimum absolute atomic E-state index is 0.193. The van der Waals surface area contributed by atoms with Crippen LogP contribution in [0.2, 0.25) is 0 Å². The first-order chi connectivity index (χ1) is 19.5. The number of pyridine rings is 1. The Balaban J connectivity index is 1.47. The predicted molar refractivity (Wildman–Crippen MR) is 156 cm³/mol. The molecule has 1 saturated heterocycles. The fourth-order valence-corrected chi connectivity index (χ4v) is 5.64. The number of hydrogen-bond donors (Lipinski definition) is 2. The molecule has 0 radical (unpaired) electrons. The number of aromatic nitrogens is 5. The van der Waals surface area contributed by atoms with Crippen LogP contribution < -0.4 is 5.32 Å². The van der Waals surface area contributed by atoms with Crippen molar-refractivity contribution in [1.29, 1.82) is 0 Å². The highest BCUT2D eigenvalue weighted by Crippen LogP contribution is 2.41. The minimum Gasteiger partial charge on any atom is -0.396 e. The van der Waals surface area contributed by atoms with Crippen molar-refractivity contribution in [2.45, 2.75) is 52.7 Å². The zero-order valence-electron chi connectivity index (χ0n) is 23.1. The molecule has 4 aromatic rings. The lowest BCUT2D eigenvalue weighted by molar-refractivity contribution is -0.139. The summed E-state index contributed by atoms with van der Waals surface area (Å²) >= 11 is 3.30. The second kappa shape index (κ2) is 11.1. The van der Waals surface area contributed by atoms with Gasteiger partial charge < -0.3 is 15.3 Å². The predicted octanol–water partition coefficient (Wildman–Crippen LogP) is 3.79. The number of nitrogens with one attached hydrogen (secondary N) is 1. The van der Waals surface area contributed by atoms with Crippen LogP contribution in [-0.4, -0.2) is 71.0 Å². The normalized spacial score (nSPS) is 20.4. The van der Waals surface area contributed by atoms with Crippen molar-refractivity contribution < 1.29 is 19.5 Å². The van der Waals surface area contributed by atoms with Crippen LogP contribution in [0, 0.1) is 12.3 Å². The standard InChI is InChI=1S/C29H30BrN7O4/c1-16(39)27-21-10-19(20-12-31-18(3)32-13-20)8-9-22(21)36(35-27)14-26(40)37-17(2)29(4,15-38)11-23(37)28(41)34-25-7-5-6-24(30)33-25/h5-10,12-13,17,23,38H,11,14-15H2,1-4H3,(H,33,34,41)/t17-,23-,29-/m0/s1. The monoisotopic (exact) mass is 619 g/mol. The van der Waals surface area contributed by atoms with Crippen molar-refractivity contribution in [3.63, 3.8) is 0 Å². The number of likely N-dealkylation sites (tertiary alicyclic amines) is 1. The molecule has 0 unspecified atom stereocenters. The molecule has 212 valence electrons. The number of aliphatic hydroxyl groups is 1. The van der Waals surface area contributed by atoms with Gasteiger partial charge in [-0.2, -0.15) is 5.10 Å². The maximum atomic E-state index is 13.9. The molecule has 4 heterocycles. The van der Waals surface area contributed by atoms with Gasteiger partial charge in [-0.25, -0.2) is 15.0 Å². The molecular weight excluding hydrogens is 590 g/mol. The van der Waals surface area contributed by atoms with Crippen molar-refractivity contribution in [3.8, 4) is 11.1 Å². The zero-order valence-corrected chi connectivity index (χ0v) is 24.7. The number of nitrogens with zero attached hydrogens (tertiary/aromatic N) is 6. The van der Waals surface area contributed by atoms with E-state index in [1.165, 1.54) is 16.5 Å². The molecule has 3 atom stereocenters. The van der Waals surface area contributed by atoms with Gasteiger partial charge in [0.2, 0.25) is 11.8 Å². The summed E-state index contributed by atoms with van der Waals surface area (Å²) in [5.41, 5.74) is 1.77. The number of carbonyl (C=O) groups excluding carboxylic acids is 3. The van der Waals surface area contributed by atoms with Crippen molar-refractivity contribution in [2.75, 3.05) is 11.9 Å². The molecule has 12 heteroatoms. The molecule has 2 N–H and O–H groups in total. The third-order valence-corrected chi connectivity index (χ3v) is 8.26. The van der Waals surface area contributed by atoms with Crippen molar-refractivity contribution in [3.05, 3.63) is 64.9 Å². The fourth-order valence-electron chi connectivity index (χ4n) is 5.30. The Kier molecular flexibility index (Phi) is 7.71. The van der Waals surface area contributed by atoms with E-state index in [-0.39, 0.29) is 37.0 Å². The number of anilines is 1. The van der Waals surface area contributed by atoms with E-state index in [1.807, 2.05) is 32.0 Å². The highest BCUT2D eigenvalue weighted by atomic mass is 79.9. The Morgan fingerprint density at radius 2 is 1.88 bits per heavy atom.